The Morgan fingerprint density at radius 2 is 1.89 bits per heavy atom. The van der Waals surface area contributed by atoms with Crippen LogP contribution >= 0.6 is 0 Å². The van der Waals surface area contributed by atoms with Gasteiger partial charge in [-0.1, -0.05) is 30.3 Å². The first-order valence-corrected chi connectivity index (χ1v) is 6.37. The molecule has 0 spiro atoms. The van der Waals surface area contributed by atoms with E-state index >= 15 is 0 Å². The number of hydrogen-bond acceptors (Lipinski definition) is 3. The zero-order chi connectivity index (χ0) is 13.5. The van der Waals surface area contributed by atoms with Crippen molar-refractivity contribution in [2.75, 3.05) is 17.6 Å². The predicted octanol–water partition coefficient (Wildman–Crippen LogP) is 3.19. The fourth-order valence-corrected chi connectivity index (χ4v) is 1.93. The van der Waals surface area contributed by atoms with E-state index in [2.05, 4.69) is 35.7 Å². The van der Waals surface area contributed by atoms with Crippen LogP contribution in [0, 0.1) is 11.3 Å². The molecule has 0 bridgehead atoms. The van der Waals surface area contributed by atoms with Gasteiger partial charge in [-0.25, -0.2) is 0 Å². The van der Waals surface area contributed by atoms with Gasteiger partial charge in [-0.3, -0.25) is 0 Å². The molecule has 3 nitrogen and oxygen atoms in total. The summed E-state index contributed by atoms with van der Waals surface area (Å²) in [6, 6.07) is 18.0. The van der Waals surface area contributed by atoms with Crippen LogP contribution in [0.3, 0.4) is 0 Å². The molecule has 0 saturated heterocycles. The first-order chi connectivity index (χ1) is 9.29. The molecular weight excluding hydrogens is 234 g/mol. The number of nitriles is 1. The minimum absolute atomic E-state index is 0.521. The molecule has 2 aromatic carbocycles. The molecule has 0 fully saturated rings. The molecule has 0 saturated carbocycles. The third-order valence-electron chi connectivity index (χ3n) is 2.99. The smallest absolute Gasteiger partial charge is 0.101 e. The van der Waals surface area contributed by atoms with Gasteiger partial charge in [0.25, 0.3) is 0 Å². The summed E-state index contributed by atoms with van der Waals surface area (Å²) in [5.41, 5.74) is 9.02. The first kappa shape index (κ1) is 13.0. The average Bonchev–Trinajstić information content (AvgIpc) is 2.46. The molecule has 0 aliphatic rings. The van der Waals surface area contributed by atoms with Gasteiger partial charge in [0, 0.05) is 17.9 Å². The average molecular weight is 251 g/mol. The van der Waals surface area contributed by atoms with Crippen molar-refractivity contribution in [2.45, 2.75) is 12.8 Å². The molecular formula is C16H17N3. The fourth-order valence-electron chi connectivity index (χ4n) is 1.93. The van der Waals surface area contributed by atoms with E-state index in [-0.39, 0.29) is 0 Å². The summed E-state index contributed by atoms with van der Waals surface area (Å²) in [5, 5.41) is 12.2. The third kappa shape index (κ3) is 3.75. The van der Waals surface area contributed by atoms with Crippen LogP contribution in [0.4, 0.5) is 11.4 Å². The Bertz CT molecular complexity index is 570. The van der Waals surface area contributed by atoms with Gasteiger partial charge in [-0.15, -0.1) is 0 Å². The van der Waals surface area contributed by atoms with E-state index in [1.165, 1.54) is 5.56 Å². The van der Waals surface area contributed by atoms with Gasteiger partial charge >= 0.3 is 0 Å². The summed E-state index contributed by atoms with van der Waals surface area (Å²) < 4.78 is 0. The maximum atomic E-state index is 8.91. The lowest BCUT2D eigenvalue weighted by molar-refractivity contribution is 0.863. The number of benzene rings is 2. The van der Waals surface area contributed by atoms with E-state index in [0.717, 1.165) is 25.1 Å². The Kier molecular flexibility index (Phi) is 4.41. The molecule has 96 valence electrons. The molecule has 2 rings (SSSR count). The summed E-state index contributed by atoms with van der Waals surface area (Å²) >= 11 is 0. The molecule has 3 N–H and O–H groups in total. The standard InChI is InChI=1S/C16H17N3/c17-12-14-11-15(8-9-16(14)18)19-10-4-7-13-5-2-1-3-6-13/h1-3,5-6,8-9,11,19H,4,7,10,18H2. The first-order valence-electron chi connectivity index (χ1n) is 6.37. The Morgan fingerprint density at radius 1 is 1.11 bits per heavy atom. The molecule has 0 heterocycles. The van der Waals surface area contributed by atoms with Gasteiger partial charge in [-0.05, 0) is 36.6 Å². The van der Waals surface area contributed by atoms with E-state index in [1.807, 2.05) is 12.1 Å². The van der Waals surface area contributed by atoms with Gasteiger partial charge in [0.1, 0.15) is 6.07 Å². The SMILES string of the molecule is N#Cc1cc(NCCCc2ccccc2)ccc1N. The Balaban J connectivity index is 1.82. The summed E-state index contributed by atoms with van der Waals surface area (Å²) in [6.07, 6.45) is 2.10. The van der Waals surface area contributed by atoms with Crippen LogP contribution in [0.15, 0.2) is 48.5 Å². The van der Waals surface area contributed by atoms with Crippen LogP contribution in [0.5, 0.6) is 0 Å². The molecule has 0 atom stereocenters. The Labute approximate surface area is 113 Å². The molecule has 19 heavy (non-hydrogen) atoms. The lowest BCUT2D eigenvalue weighted by atomic mass is 10.1. The number of anilines is 2. The maximum Gasteiger partial charge on any atom is 0.101 e. The molecule has 0 aliphatic carbocycles. The number of nitrogens with two attached hydrogens (primary N) is 1. The van der Waals surface area contributed by atoms with Crippen molar-refractivity contribution >= 4 is 11.4 Å². The van der Waals surface area contributed by atoms with Gasteiger partial charge < -0.3 is 11.1 Å². The highest BCUT2D eigenvalue weighted by atomic mass is 14.9. The van der Waals surface area contributed by atoms with Crippen LogP contribution in [0.1, 0.15) is 17.5 Å². The monoisotopic (exact) mass is 251 g/mol. The molecule has 0 amide bonds. The fraction of sp³-hybridized carbons (Fsp3) is 0.188. The van der Waals surface area contributed by atoms with Gasteiger partial charge in [-0.2, -0.15) is 5.26 Å². The minimum Gasteiger partial charge on any atom is -0.398 e. The zero-order valence-corrected chi connectivity index (χ0v) is 10.8. The van der Waals surface area contributed by atoms with E-state index in [0.29, 0.717) is 11.3 Å². The summed E-state index contributed by atoms with van der Waals surface area (Å²) in [6.45, 7) is 0.879. The molecule has 2 aromatic rings. The predicted molar refractivity (Wildman–Crippen MR) is 78.8 cm³/mol. The zero-order valence-electron chi connectivity index (χ0n) is 10.8. The van der Waals surface area contributed by atoms with Gasteiger partial charge in [0.05, 0.1) is 5.56 Å². The number of nitrogens with one attached hydrogen (secondary N) is 1. The summed E-state index contributed by atoms with van der Waals surface area (Å²) in [5.74, 6) is 0. The Hall–Kier alpha value is -2.47. The molecule has 0 radical (unpaired) electrons. The second-order valence-corrected chi connectivity index (χ2v) is 4.43. The largest absolute Gasteiger partial charge is 0.398 e. The minimum atomic E-state index is 0.521. The molecule has 3 heteroatoms. The number of nitrogen functional groups attached to an aromatic ring is 1. The second-order valence-electron chi connectivity index (χ2n) is 4.43. The van der Waals surface area contributed by atoms with Crippen LogP contribution in [0.25, 0.3) is 0 Å². The second kappa shape index (κ2) is 6.46. The maximum absolute atomic E-state index is 8.91. The Morgan fingerprint density at radius 3 is 2.63 bits per heavy atom. The molecule has 0 unspecified atom stereocenters. The van der Waals surface area contributed by atoms with Crippen molar-refractivity contribution < 1.29 is 0 Å². The quantitative estimate of drug-likeness (QED) is 0.633. The lowest BCUT2D eigenvalue weighted by Crippen LogP contribution is -2.03. The van der Waals surface area contributed by atoms with Crippen LogP contribution < -0.4 is 11.1 Å². The highest BCUT2D eigenvalue weighted by molar-refractivity contribution is 5.61. The van der Waals surface area contributed by atoms with Crippen LogP contribution in [-0.4, -0.2) is 6.54 Å². The van der Waals surface area contributed by atoms with Gasteiger partial charge in [0.2, 0.25) is 0 Å². The van der Waals surface area contributed by atoms with Crippen molar-refractivity contribution in [3.63, 3.8) is 0 Å². The van der Waals surface area contributed by atoms with Crippen molar-refractivity contribution in [3.8, 4) is 6.07 Å². The van der Waals surface area contributed by atoms with Crippen molar-refractivity contribution in [1.29, 1.82) is 5.26 Å². The number of aryl methyl sites for hydroxylation is 1. The number of nitrogens with zero attached hydrogens (tertiary/aromatic N) is 1. The van der Waals surface area contributed by atoms with E-state index < -0.39 is 0 Å². The number of hydrogen-bond donors (Lipinski definition) is 2. The van der Waals surface area contributed by atoms with Crippen molar-refractivity contribution in [2.24, 2.45) is 0 Å². The topological polar surface area (TPSA) is 61.8 Å². The summed E-state index contributed by atoms with van der Waals surface area (Å²) in [7, 11) is 0. The highest BCUT2D eigenvalue weighted by Crippen LogP contribution is 2.16. The third-order valence-corrected chi connectivity index (χ3v) is 2.99. The van der Waals surface area contributed by atoms with Gasteiger partial charge in [0.15, 0.2) is 0 Å². The van der Waals surface area contributed by atoms with Crippen molar-refractivity contribution in [3.05, 3.63) is 59.7 Å². The summed E-state index contributed by atoms with van der Waals surface area (Å²) in [4.78, 5) is 0. The lowest BCUT2D eigenvalue weighted by Gasteiger charge is -2.07. The van der Waals surface area contributed by atoms with Crippen LogP contribution in [0.2, 0.25) is 0 Å². The molecule has 0 aliphatic heterocycles. The normalized spacial score (nSPS) is 9.84. The van der Waals surface area contributed by atoms with E-state index in [4.69, 9.17) is 11.0 Å². The van der Waals surface area contributed by atoms with Crippen LogP contribution in [-0.2, 0) is 6.42 Å². The van der Waals surface area contributed by atoms with E-state index in [1.54, 1.807) is 12.1 Å². The number of rotatable bonds is 5. The highest BCUT2D eigenvalue weighted by Gasteiger charge is 1.99. The van der Waals surface area contributed by atoms with Crippen molar-refractivity contribution in [1.82, 2.24) is 0 Å². The molecule has 0 aromatic heterocycles. The van der Waals surface area contributed by atoms with E-state index in [9.17, 15) is 0 Å².